The molecule has 0 radical (unpaired) electrons. The largest absolute Gasteiger partial charge is 0.330 e. The standard InChI is InChI=1S/C15H30N2/c1-13(2)12(14(13,3)4)17-11-15(10-16)8-6-5-7-9-15/h12,17H,5-11,16H2,1-4H3. The van der Waals surface area contributed by atoms with Gasteiger partial charge in [0.05, 0.1) is 0 Å². The normalized spacial score (nSPS) is 30.2. The highest BCUT2D eigenvalue weighted by Crippen LogP contribution is 2.62. The molecule has 2 saturated carbocycles. The molecule has 0 atom stereocenters. The van der Waals surface area contributed by atoms with Crippen LogP contribution < -0.4 is 11.1 Å². The Kier molecular flexibility index (Phi) is 3.33. The molecule has 0 unspecified atom stereocenters. The quantitative estimate of drug-likeness (QED) is 0.790. The van der Waals surface area contributed by atoms with Crippen LogP contribution in [-0.4, -0.2) is 19.1 Å². The SMILES string of the molecule is CC1(C)C(NCC2(CN)CCCCC2)C1(C)C. The third-order valence-corrected chi connectivity index (χ3v) is 6.05. The first-order valence-corrected chi connectivity index (χ1v) is 7.29. The van der Waals surface area contributed by atoms with E-state index < -0.39 is 0 Å². The van der Waals surface area contributed by atoms with Gasteiger partial charge in [-0.2, -0.15) is 0 Å². The number of hydrogen-bond donors (Lipinski definition) is 2. The zero-order chi connectivity index (χ0) is 12.7. The minimum absolute atomic E-state index is 0.396. The molecule has 100 valence electrons. The molecular weight excluding hydrogens is 208 g/mol. The van der Waals surface area contributed by atoms with E-state index in [0.717, 1.165) is 13.1 Å². The zero-order valence-corrected chi connectivity index (χ0v) is 12.1. The summed E-state index contributed by atoms with van der Waals surface area (Å²) in [6, 6.07) is 0.667. The first-order valence-electron chi connectivity index (χ1n) is 7.29. The van der Waals surface area contributed by atoms with Gasteiger partial charge in [-0.1, -0.05) is 47.0 Å². The molecule has 2 heteroatoms. The van der Waals surface area contributed by atoms with E-state index in [1.54, 1.807) is 0 Å². The van der Waals surface area contributed by atoms with E-state index in [0.29, 0.717) is 22.3 Å². The minimum Gasteiger partial charge on any atom is -0.330 e. The highest BCUT2D eigenvalue weighted by atomic mass is 15.1. The van der Waals surface area contributed by atoms with Gasteiger partial charge in [-0.3, -0.25) is 0 Å². The van der Waals surface area contributed by atoms with Gasteiger partial charge >= 0.3 is 0 Å². The van der Waals surface area contributed by atoms with Crippen molar-refractivity contribution in [2.75, 3.05) is 13.1 Å². The van der Waals surface area contributed by atoms with Crippen LogP contribution in [0.3, 0.4) is 0 Å². The predicted octanol–water partition coefficient (Wildman–Crippen LogP) is 2.92. The topological polar surface area (TPSA) is 38.0 Å². The highest BCUT2D eigenvalue weighted by molar-refractivity contribution is 5.18. The lowest BCUT2D eigenvalue weighted by atomic mass is 9.74. The first-order chi connectivity index (χ1) is 7.86. The first kappa shape index (κ1) is 13.4. The summed E-state index contributed by atoms with van der Waals surface area (Å²) < 4.78 is 0. The minimum atomic E-state index is 0.396. The van der Waals surface area contributed by atoms with E-state index in [-0.39, 0.29) is 0 Å². The van der Waals surface area contributed by atoms with Gasteiger partial charge in [-0.25, -0.2) is 0 Å². The van der Waals surface area contributed by atoms with E-state index >= 15 is 0 Å². The Morgan fingerprint density at radius 3 is 1.94 bits per heavy atom. The van der Waals surface area contributed by atoms with Gasteiger partial charge in [0.15, 0.2) is 0 Å². The molecule has 0 saturated heterocycles. The number of nitrogens with two attached hydrogens (primary N) is 1. The monoisotopic (exact) mass is 238 g/mol. The maximum Gasteiger partial charge on any atom is 0.0181 e. The Morgan fingerprint density at radius 1 is 1.00 bits per heavy atom. The molecule has 0 aromatic carbocycles. The average molecular weight is 238 g/mol. The molecule has 3 N–H and O–H groups in total. The second kappa shape index (κ2) is 4.24. The van der Waals surface area contributed by atoms with Crippen molar-refractivity contribution in [1.29, 1.82) is 0 Å². The van der Waals surface area contributed by atoms with Crippen molar-refractivity contribution in [3.05, 3.63) is 0 Å². The fraction of sp³-hybridized carbons (Fsp3) is 1.00. The molecule has 0 heterocycles. The number of hydrogen-bond acceptors (Lipinski definition) is 2. The Morgan fingerprint density at radius 2 is 1.53 bits per heavy atom. The van der Waals surface area contributed by atoms with Crippen molar-refractivity contribution in [3.8, 4) is 0 Å². The molecule has 2 aliphatic rings. The summed E-state index contributed by atoms with van der Waals surface area (Å²) in [5.74, 6) is 0. The third kappa shape index (κ3) is 2.15. The summed E-state index contributed by atoms with van der Waals surface area (Å²) in [6.07, 6.45) is 6.79. The van der Waals surface area contributed by atoms with Crippen LogP contribution in [0.25, 0.3) is 0 Å². The maximum atomic E-state index is 6.04. The van der Waals surface area contributed by atoms with Crippen LogP contribution in [0.4, 0.5) is 0 Å². The fourth-order valence-electron chi connectivity index (χ4n) is 3.78. The van der Waals surface area contributed by atoms with E-state index in [9.17, 15) is 0 Å². The molecule has 2 aliphatic carbocycles. The third-order valence-electron chi connectivity index (χ3n) is 6.05. The smallest absolute Gasteiger partial charge is 0.0181 e. The molecule has 0 amide bonds. The van der Waals surface area contributed by atoms with Crippen LogP contribution in [0, 0.1) is 16.2 Å². The molecule has 0 aromatic heterocycles. The Labute approximate surface area is 107 Å². The summed E-state index contributed by atoms with van der Waals surface area (Å²) >= 11 is 0. The Bertz CT molecular complexity index is 261. The maximum absolute atomic E-state index is 6.04. The lowest BCUT2D eigenvalue weighted by Gasteiger charge is -2.36. The van der Waals surface area contributed by atoms with Gasteiger partial charge in [0.25, 0.3) is 0 Å². The summed E-state index contributed by atoms with van der Waals surface area (Å²) in [5, 5.41) is 3.82. The second-order valence-electron chi connectivity index (χ2n) is 7.52. The van der Waals surface area contributed by atoms with Crippen LogP contribution in [0.2, 0.25) is 0 Å². The van der Waals surface area contributed by atoms with Crippen LogP contribution in [0.5, 0.6) is 0 Å². The van der Waals surface area contributed by atoms with Crippen molar-refractivity contribution in [3.63, 3.8) is 0 Å². The Balaban J connectivity index is 1.89. The molecule has 0 bridgehead atoms. The van der Waals surface area contributed by atoms with Gasteiger partial charge < -0.3 is 11.1 Å². The molecule has 17 heavy (non-hydrogen) atoms. The highest BCUT2D eigenvalue weighted by Gasteiger charge is 2.64. The van der Waals surface area contributed by atoms with Crippen molar-refractivity contribution in [2.24, 2.45) is 22.0 Å². The molecule has 0 spiro atoms. The second-order valence-corrected chi connectivity index (χ2v) is 7.52. The van der Waals surface area contributed by atoms with Crippen LogP contribution in [-0.2, 0) is 0 Å². The zero-order valence-electron chi connectivity index (χ0n) is 12.1. The lowest BCUT2D eigenvalue weighted by Crippen LogP contribution is -2.43. The van der Waals surface area contributed by atoms with Gasteiger partial charge in [0.2, 0.25) is 0 Å². The van der Waals surface area contributed by atoms with Crippen molar-refractivity contribution in [1.82, 2.24) is 5.32 Å². The van der Waals surface area contributed by atoms with Crippen molar-refractivity contribution in [2.45, 2.75) is 65.8 Å². The number of nitrogens with one attached hydrogen (secondary N) is 1. The fourth-order valence-corrected chi connectivity index (χ4v) is 3.78. The van der Waals surface area contributed by atoms with E-state index in [4.69, 9.17) is 5.73 Å². The van der Waals surface area contributed by atoms with Gasteiger partial charge in [-0.15, -0.1) is 0 Å². The van der Waals surface area contributed by atoms with Crippen molar-refractivity contribution < 1.29 is 0 Å². The molecule has 2 nitrogen and oxygen atoms in total. The van der Waals surface area contributed by atoms with Gasteiger partial charge in [-0.05, 0) is 35.6 Å². The van der Waals surface area contributed by atoms with E-state index in [1.165, 1.54) is 32.1 Å². The van der Waals surface area contributed by atoms with Gasteiger partial charge in [0.1, 0.15) is 0 Å². The molecular formula is C15H30N2. The van der Waals surface area contributed by atoms with Crippen LogP contribution in [0.1, 0.15) is 59.8 Å². The summed E-state index contributed by atoms with van der Waals surface area (Å²) in [4.78, 5) is 0. The Hall–Kier alpha value is -0.0800. The van der Waals surface area contributed by atoms with Crippen LogP contribution in [0.15, 0.2) is 0 Å². The predicted molar refractivity (Wildman–Crippen MR) is 73.9 cm³/mol. The van der Waals surface area contributed by atoms with Gasteiger partial charge in [0, 0.05) is 12.6 Å². The summed E-state index contributed by atoms with van der Waals surface area (Å²) in [6.45, 7) is 11.5. The van der Waals surface area contributed by atoms with Crippen molar-refractivity contribution >= 4 is 0 Å². The summed E-state index contributed by atoms with van der Waals surface area (Å²) in [5.41, 5.74) is 7.32. The lowest BCUT2D eigenvalue weighted by molar-refractivity contribution is 0.187. The average Bonchev–Trinajstić information content (AvgIpc) is 2.68. The molecule has 2 fully saturated rings. The van der Waals surface area contributed by atoms with E-state index in [1.807, 2.05) is 0 Å². The molecule has 0 aromatic rings. The van der Waals surface area contributed by atoms with E-state index in [2.05, 4.69) is 33.0 Å². The molecule has 2 rings (SSSR count). The summed E-state index contributed by atoms with van der Waals surface area (Å²) in [7, 11) is 0. The van der Waals surface area contributed by atoms with Crippen LogP contribution >= 0.6 is 0 Å². The number of rotatable bonds is 4. The molecule has 0 aliphatic heterocycles.